The molecule has 13 heavy (non-hydrogen) atoms. The van der Waals surface area contributed by atoms with E-state index >= 15 is 0 Å². The molecule has 0 saturated carbocycles. The fourth-order valence-electron chi connectivity index (χ4n) is 1.22. The first-order valence-electron chi connectivity index (χ1n) is 4.77. The molecular weight excluding hydrogens is 176 g/mol. The van der Waals surface area contributed by atoms with Gasteiger partial charge in [-0.1, -0.05) is 37.0 Å². The number of hydrogen-bond donors (Lipinski definition) is 0. The lowest BCUT2D eigenvalue weighted by Gasteiger charge is -2.16. The van der Waals surface area contributed by atoms with E-state index in [0.29, 0.717) is 0 Å². The Morgan fingerprint density at radius 3 is 2.00 bits per heavy atom. The largest absolute Gasteiger partial charge is 0.494 e. The summed E-state index contributed by atoms with van der Waals surface area (Å²) in [5, 5.41) is 1.48. The van der Waals surface area contributed by atoms with Crippen LogP contribution in [0.5, 0.6) is 5.75 Å². The average Bonchev–Trinajstić information content (AvgIpc) is 2.04. The third-order valence-electron chi connectivity index (χ3n) is 2.03. The van der Waals surface area contributed by atoms with Crippen LogP contribution in [0.3, 0.4) is 0 Å². The highest BCUT2D eigenvalue weighted by molar-refractivity contribution is 6.88. The topological polar surface area (TPSA) is 9.23 Å². The van der Waals surface area contributed by atoms with E-state index in [9.17, 15) is 0 Å². The van der Waals surface area contributed by atoms with Gasteiger partial charge in [-0.3, -0.25) is 0 Å². The van der Waals surface area contributed by atoms with Gasteiger partial charge >= 0.3 is 0 Å². The molecule has 1 aromatic rings. The van der Waals surface area contributed by atoms with Crippen molar-refractivity contribution in [1.82, 2.24) is 0 Å². The highest BCUT2D eigenvalue weighted by Crippen LogP contribution is 2.10. The maximum absolute atomic E-state index is 5.39. The Balaban J connectivity index is 2.81. The molecule has 0 aliphatic rings. The third kappa shape index (κ3) is 2.88. The molecular formula is C11H18OSi. The average molecular weight is 194 g/mol. The SMILES string of the molecule is CCOc1ccc([Si](C)(C)C)cc1. The second-order valence-corrected chi connectivity index (χ2v) is 9.28. The Kier molecular flexibility index (Phi) is 3.15. The highest BCUT2D eigenvalue weighted by atomic mass is 28.3. The monoisotopic (exact) mass is 194 g/mol. The number of ether oxygens (including phenoxy) is 1. The van der Waals surface area contributed by atoms with Gasteiger partial charge in [0.05, 0.1) is 14.7 Å². The molecule has 0 fully saturated rings. The van der Waals surface area contributed by atoms with E-state index in [0.717, 1.165) is 12.4 Å². The molecule has 0 unspecified atom stereocenters. The first-order chi connectivity index (χ1) is 6.04. The molecule has 0 heterocycles. The van der Waals surface area contributed by atoms with Crippen molar-refractivity contribution >= 4 is 13.3 Å². The predicted octanol–water partition coefficient (Wildman–Crippen LogP) is 2.63. The molecule has 0 bridgehead atoms. The molecule has 0 aromatic heterocycles. The Morgan fingerprint density at radius 1 is 1.08 bits per heavy atom. The molecule has 1 nitrogen and oxygen atoms in total. The first kappa shape index (κ1) is 10.3. The lowest BCUT2D eigenvalue weighted by Crippen LogP contribution is -2.37. The van der Waals surface area contributed by atoms with Crippen LogP contribution in [-0.2, 0) is 0 Å². The van der Waals surface area contributed by atoms with Crippen molar-refractivity contribution < 1.29 is 4.74 Å². The van der Waals surface area contributed by atoms with Crippen LogP contribution in [0.1, 0.15) is 6.92 Å². The van der Waals surface area contributed by atoms with E-state index in [4.69, 9.17) is 4.74 Å². The van der Waals surface area contributed by atoms with Crippen LogP contribution in [0.15, 0.2) is 24.3 Å². The fraction of sp³-hybridized carbons (Fsp3) is 0.455. The van der Waals surface area contributed by atoms with Gasteiger partial charge in [0.25, 0.3) is 0 Å². The molecule has 0 saturated heterocycles. The van der Waals surface area contributed by atoms with Gasteiger partial charge in [0.2, 0.25) is 0 Å². The normalized spacial score (nSPS) is 11.4. The van der Waals surface area contributed by atoms with E-state index in [1.807, 2.05) is 6.92 Å². The first-order valence-corrected chi connectivity index (χ1v) is 8.27. The van der Waals surface area contributed by atoms with Crippen LogP contribution in [0.2, 0.25) is 19.6 Å². The zero-order valence-corrected chi connectivity index (χ0v) is 9.92. The second kappa shape index (κ2) is 3.96. The molecule has 0 N–H and O–H groups in total. The van der Waals surface area contributed by atoms with Crippen molar-refractivity contribution in [2.45, 2.75) is 26.6 Å². The summed E-state index contributed by atoms with van der Waals surface area (Å²) in [4.78, 5) is 0. The van der Waals surface area contributed by atoms with E-state index in [1.165, 1.54) is 5.19 Å². The molecule has 1 aromatic carbocycles. The minimum atomic E-state index is -1.13. The molecule has 0 radical (unpaired) electrons. The van der Waals surface area contributed by atoms with Crippen molar-refractivity contribution in [1.29, 1.82) is 0 Å². The van der Waals surface area contributed by atoms with Gasteiger partial charge in [0.15, 0.2) is 0 Å². The third-order valence-corrected chi connectivity index (χ3v) is 4.10. The van der Waals surface area contributed by atoms with Crippen molar-refractivity contribution in [3.63, 3.8) is 0 Å². The summed E-state index contributed by atoms with van der Waals surface area (Å²) in [6, 6.07) is 8.52. The summed E-state index contributed by atoms with van der Waals surface area (Å²) < 4.78 is 5.39. The van der Waals surface area contributed by atoms with E-state index in [1.54, 1.807) is 0 Å². The second-order valence-electron chi connectivity index (χ2n) is 4.21. The predicted molar refractivity (Wildman–Crippen MR) is 60.6 cm³/mol. The summed E-state index contributed by atoms with van der Waals surface area (Å²) >= 11 is 0. The summed E-state index contributed by atoms with van der Waals surface area (Å²) in [7, 11) is -1.13. The smallest absolute Gasteiger partial charge is 0.119 e. The van der Waals surface area contributed by atoms with Gasteiger partial charge in [0.1, 0.15) is 5.75 Å². The van der Waals surface area contributed by atoms with Crippen molar-refractivity contribution in [2.24, 2.45) is 0 Å². The molecule has 0 spiro atoms. The maximum Gasteiger partial charge on any atom is 0.119 e. The fourth-order valence-corrected chi connectivity index (χ4v) is 2.38. The summed E-state index contributed by atoms with van der Waals surface area (Å²) in [5.41, 5.74) is 0. The maximum atomic E-state index is 5.39. The molecule has 1 rings (SSSR count). The quantitative estimate of drug-likeness (QED) is 0.672. The van der Waals surface area contributed by atoms with Crippen LogP contribution in [-0.4, -0.2) is 14.7 Å². The highest BCUT2D eigenvalue weighted by Gasteiger charge is 2.15. The van der Waals surface area contributed by atoms with Crippen LogP contribution in [0.25, 0.3) is 0 Å². The molecule has 0 amide bonds. The minimum Gasteiger partial charge on any atom is -0.494 e. The lowest BCUT2D eigenvalue weighted by molar-refractivity contribution is 0.340. The zero-order chi connectivity index (χ0) is 9.90. The molecule has 0 aliphatic heterocycles. The van der Waals surface area contributed by atoms with Gasteiger partial charge in [-0.15, -0.1) is 0 Å². The molecule has 72 valence electrons. The molecule has 0 atom stereocenters. The van der Waals surface area contributed by atoms with Gasteiger partial charge in [-0.05, 0) is 19.1 Å². The number of benzene rings is 1. The number of hydrogen-bond acceptors (Lipinski definition) is 1. The van der Waals surface area contributed by atoms with Gasteiger partial charge in [0, 0.05) is 0 Å². The van der Waals surface area contributed by atoms with Crippen molar-refractivity contribution in [3.05, 3.63) is 24.3 Å². The molecule has 2 heteroatoms. The minimum absolute atomic E-state index is 0.742. The standard InChI is InChI=1S/C11H18OSi/c1-5-12-10-6-8-11(9-7-10)13(2,3)4/h6-9H,5H2,1-4H3. The Hall–Kier alpha value is -0.763. The van der Waals surface area contributed by atoms with Gasteiger partial charge in [-0.25, -0.2) is 0 Å². The van der Waals surface area contributed by atoms with Gasteiger partial charge in [-0.2, -0.15) is 0 Å². The summed E-state index contributed by atoms with van der Waals surface area (Å²) in [5.74, 6) is 0.976. The van der Waals surface area contributed by atoms with Crippen molar-refractivity contribution in [3.8, 4) is 5.75 Å². The van der Waals surface area contributed by atoms with Crippen molar-refractivity contribution in [2.75, 3.05) is 6.61 Å². The number of rotatable bonds is 3. The zero-order valence-electron chi connectivity index (χ0n) is 8.92. The lowest BCUT2D eigenvalue weighted by atomic mass is 10.3. The molecule has 0 aliphatic carbocycles. The Morgan fingerprint density at radius 2 is 1.62 bits per heavy atom. The van der Waals surface area contributed by atoms with Crippen LogP contribution < -0.4 is 9.92 Å². The van der Waals surface area contributed by atoms with Crippen LogP contribution in [0.4, 0.5) is 0 Å². The van der Waals surface area contributed by atoms with E-state index in [-0.39, 0.29) is 0 Å². The van der Waals surface area contributed by atoms with Gasteiger partial charge < -0.3 is 4.74 Å². The van der Waals surface area contributed by atoms with Crippen LogP contribution in [0, 0.1) is 0 Å². The Labute approximate surface area is 81.8 Å². The van der Waals surface area contributed by atoms with Crippen LogP contribution >= 0.6 is 0 Å². The summed E-state index contributed by atoms with van der Waals surface area (Å²) in [6.45, 7) is 9.80. The van der Waals surface area contributed by atoms with E-state index < -0.39 is 8.07 Å². The Bertz CT molecular complexity index is 258. The van der Waals surface area contributed by atoms with E-state index in [2.05, 4.69) is 43.9 Å². The summed E-state index contributed by atoms with van der Waals surface area (Å²) in [6.07, 6.45) is 0.